The fraction of sp³-hybridized carbons (Fsp3) is 0.600. The largest absolute Gasteiger partial charge is 0.490 e. The Hall–Kier alpha value is -2.54. The molecule has 2 heterocycles. The molecule has 1 aromatic rings. The summed E-state index contributed by atoms with van der Waals surface area (Å²) in [5.74, 6) is 6.64. The number of hydrogen-bond acceptors (Lipinski definition) is 5. The number of piperidine rings is 1. The molecule has 2 aliphatic rings. The van der Waals surface area contributed by atoms with Gasteiger partial charge in [-0.1, -0.05) is 12.8 Å². The molecule has 1 aromatic carbocycles. The Morgan fingerprint density at radius 3 is 2.71 bits per heavy atom. The van der Waals surface area contributed by atoms with E-state index in [9.17, 15) is 10.1 Å². The van der Waals surface area contributed by atoms with Gasteiger partial charge in [0.1, 0.15) is 11.8 Å². The molecule has 1 spiro atoms. The van der Waals surface area contributed by atoms with Crippen LogP contribution in [0.25, 0.3) is 0 Å². The Balaban J connectivity index is 1.67. The van der Waals surface area contributed by atoms with E-state index in [1.54, 1.807) is 18.2 Å². The fourth-order valence-electron chi connectivity index (χ4n) is 4.39. The van der Waals surface area contributed by atoms with E-state index in [1.165, 1.54) is 0 Å². The molecule has 0 radical (unpaired) electrons. The minimum Gasteiger partial charge on any atom is -0.490 e. The standard InChI is InChI=1S/C25H33N3O3/c1-5-7-12-27-17-22(6-2)31-25(18-27)10-13-28(14-11-25)24(29)20-8-9-23(30-19(3)4)21(15-20)16-26/h8-9,15,19,22H,6,10-14,17-18H2,1-4H3. The van der Waals surface area contributed by atoms with Crippen LogP contribution in [0, 0.1) is 23.2 Å². The third-order valence-corrected chi connectivity index (χ3v) is 6.00. The van der Waals surface area contributed by atoms with E-state index in [4.69, 9.17) is 9.47 Å². The SMILES string of the molecule is CC#CCN1CC(CC)OC2(CCN(C(=O)c3ccc(OC(C)C)c(C#N)c3)CC2)C1. The summed E-state index contributed by atoms with van der Waals surface area (Å²) in [6.45, 7) is 11.7. The van der Waals surface area contributed by atoms with Gasteiger partial charge < -0.3 is 14.4 Å². The van der Waals surface area contributed by atoms with Crippen molar-refractivity contribution in [3.63, 3.8) is 0 Å². The smallest absolute Gasteiger partial charge is 0.253 e. The van der Waals surface area contributed by atoms with Gasteiger partial charge in [0.2, 0.25) is 0 Å². The number of carbonyl (C=O) groups excluding carboxylic acids is 1. The third-order valence-electron chi connectivity index (χ3n) is 6.00. The zero-order valence-electron chi connectivity index (χ0n) is 19.1. The Morgan fingerprint density at radius 1 is 1.35 bits per heavy atom. The maximum absolute atomic E-state index is 13.1. The minimum atomic E-state index is -0.210. The molecule has 166 valence electrons. The summed E-state index contributed by atoms with van der Waals surface area (Å²) in [7, 11) is 0. The molecule has 3 rings (SSSR count). The lowest BCUT2D eigenvalue weighted by molar-refractivity contribution is -0.171. The number of benzene rings is 1. The van der Waals surface area contributed by atoms with Gasteiger partial charge in [0.25, 0.3) is 5.91 Å². The maximum Gasteiger partial charge on any atom is 0.253 e. The van der Waals surface area contributed by atoms with E-state index < -0.39 is 0 Å². The topological polar surface area (TPSA) is 65.8 Å². The summed E-state index contributed by atoms with van der Waals surface area (Å²) in [6.07, 6.45) is 2.77. The van der Waals surface area contributed by atoms with Gasteiger partial charge >= 0.3 is 0 Å². The van der Waals surface area contributed by atoms with Crippen molar-refractivity contribution in [3.8, 4) is 23.7 Å². The quantitative estimate of drug-likeness (QED) is 0.679. The zero-order chi connectivity index (χ0) is 22.4. The summed E-state index contributed by atoms with van der Waals surface area (Å²) in [5.41, 5.74) is 0.708. The number of morpholine rings is 1. The van der Waals surface area contributed by atoms with Crippen LogP contribution in [-0.4, -0.2) is 66.2 Å². The molecule has 2 aliphatic heterocycles. The molecular weight excluding hydrogens is 390 g/mol. The van der Waals surface area contributed by atoms with Gasteiger partial charge in [0, 0.05) is 31.7 Å². The van der Waals surface area contributed by atoms with Crippen LogP contribution < -0.4 is 4.74 Å². The Bertz CT molecular complexity index is 885. The molecule has 0 aliphatic carbocycles. The van der Waals surface area contributed by atoms with E-state index in [2.05, 4.69) is 29.7 Å². The van der Waals surface area contributed by atoms with Crippen molar-refractivity contribution in [1.82, 2.24) is 9.80 Å². The van der Waals surface area contributed by atoms with Gasteiger partial charge in [-0.05, 0) is 58.2 Å². The number of hydrogen-bond donors (Lipinski definition) is 0. The highest BCUT2D eigenvalue weighted by atomic mass is 16.5. The lowest BCUT2D eigenvalue weighted by Crippen LogP contribution is -2.60. The molecule has 2 saturated heterocycles. The van der Waals surface area contributed by atoms with Crippen LogP contribution in [-0.2, 0) is 4.74 Å². The Kier molecular flexibility index (Phi) is 7.59. The summed E-state index contributed by atoms with van der Waals surface area (Å²) in [6, 6.07) is 7.26. The molecule has 6 heteroatoms. The van der Waals surface area contributed by atoms with Gasteiger partial charge in [0.15, 0.2) is 0 Å². The van der Waals surface area contributed by atoms with Crippen LogP contribution in [0.5, 0.6) is 5.75 Å². The summed E-state index contributed by atoms with van der Waals surface area (Å²) < 4.78 is 12.2. The Morgan fingerprint density at radius 2 is 2.10 bits per heavy atom. The number of nitrogens with zero attached hydrogens (tertiary/aromatic N) is 3. The van der Waals surface area contributed by atoms with Gasteiger partial charge in [-0.3, -0.25) is 9.69 Å². The van der Waals surface area contributed by atoms with Crippen LogP contribution in [0.1, 0.15) is 62.9 Å². The van der Waals surface area contributed by atoms with Crippen LogP contribution in [0.4, 0.5) is 0 Å². The lowest BCUT2D eigenvalue weighted by atomic mass is 9.88. The number of likely N-dealkylation sites (tertiary alicyclic amines) is 1. The molecule has 0 bridgehead atoms. The highest BCUT2D eigenvalue weighted by Crippen LogP contribution is 2.34. The lowest BCUT2D eigenvalue weighted by Gasteiger charge is -2.49. The molecule has 1 amide bonds. The van der Waals surface area contributed by atoms with E-state index in [1.807, 2.05) is 25.7 Å². The van der Waals surface area contributed by atoms with E-state index in [-0.39, 0.29) is 23.7 Å². The van der Waals surface area contributed by atoms with Crippen molar-refractivity contribution in [2.75, 3.05) is 32.7 Å². The van der Waals surface area contributed by atoms with Crippen molar-refractivity contribution >= 4 is 5.91 Å². The number of amides is 1. The molecule has 6 nitrogen and oxygen atoms in total. The van der Waals surface area contributed by atoms with Crippen molar-refractivity contribution in [3.05, 3.63) is 29.3 Å². The van der Waals surface area contributed by atoms with Crippen LogP contribution in [0.3, 0.4) is 0 Å². The van der Waals surface area contributed by atoms with Gasteiger partial charge in [-0.15, -0.1) is 5.92 Å². The average Bonchev–Trinajstić information content (AvgIpc) is 2.77. The average molecular weight is 424 g/mol. The molecule has 1 unspecified atom stereocenters. The first-order valence-electron chi connectivity index (χ1n) is 11.2. The molecule has 1 atom stereocenters. The van der Waals surface area contributed by atoms with Crippen molar-refractivity contribution in [2.24, 2.45) is 0 Å². The van der Waals surface area contributed by atoms with Crippen LogP contribution >= 0.6 is 0 Å². The third kappa shape index (κ3) is 5.58. The van der Waals surface area contributed by atoms with E-state index in [0.29, 0.717) is 30.0 Å². The van der Waals surface area contributed by atoms with E-state index in [0.717, 1.165) is 38.9 Å². The molecular formula is C25H33N3O3. The second kappa shape index (κ2) is 10.2. The molecule has 0 saturated carbocycles. The van der Waals surface area contributed by atoms with Gasteiger partial charge in [-0.2, -0.15) is 5.26 Å². The normalized spacial score (nSPS) is 20.8. The molecule has 0 aromatic heterocycles. The highest BCUT2D eigenvalue weighted by molar-refractivity contribution is 5.95. The summed E-state index contributed by atoms with van der Waals surface area (Å²) in [5, 5.41) is 9.46. The first kappa shape index (κ1) is 23.1. The number of nitriles is 1. The maximum atomic E-state index is 13.1. The zero-order valence-corrected chi connectivity index (χ0v) is 19.1. The van der Waals surface area contributed by atoms with Crippen molar-refractivity contribution in [1.29, 1.82) is 5.26 Å². The fourth-order valence-corrected chi connectivity index (χ4v) is 4.39. The first-order chi connectivity index (χ1) is 14.9. The first-order valence-corrected chi connectivity index (χ1v) is 11.2. The van der Waals surface area contributed by atoms with Crippen LogP contribution in [0.2, 0.25) is 0 Å². The summed E-state index contributed by atoms with van der Waals surface area (Å²) >= 11 is 0. The van der Waals surface area contributed by atoms with Crippen molar-refractivity contribution < 1.29 is 14.3 Å². The summed E-state index contributed by atoms with van der Waals surface area (Å²) in [4.78, 5) is 17.4. The number of carbonyl (C=O) groups is 1. The second-order valence-corrected chi connectivity index (χ2v) is 8.71. The molecule has 2 fully saturated rings. The number of ether oxygens (including phenoxy) is 2. The second-order valence-electron chi connectivity index (χ2n) is 8.71. The Labute approximate surface area is 186 Å². The predicted molar refractivity (Wildman–Crippen MR) is 120 cm³/mol. The van der Waals surface area contributed by atoms with Crippen molar-refractivity contribution in [2.45, 2.75) is 64.8 Å². The van der Waals surface area contributed by atoms with E-state index >= 15 is 0 Å². The minimum absolute atomic E-state index is 0.0303. The molecule has 31 heavy (non-hydrogen) atoms. The number of rotatable bonds is 5. The van der Waals surface area contributed by atoms with Gasteiger partial charge in [-0.25, -0.2) is 0 Å². The van der Waals surface area contributed by atoms with Crippen LogP contribution in [0.15, 0.2) is 18.2 Å². The highest BCUT2D eigenvalue weighted by Gasteiger charge is 2.43. The predicted octanol–water partition coefficient (Wildman–Crippen LogP) is 3.45. The molecule has 0 N–H and O–H groups in total. The van der Waals surface area contributed by atoms with Gasteiger partial charge in [0.05, 0.1) is 29.9 Å². The monoisotopic (exact) mass is 423 g/mol.